The van der Waals surface area contributed by atoms with Crippen LogP contribution in [0.2, 0.25) is 0 Å². The third-order valence-corrected chi connectivity index (χ3v) is 3.44. The number of carbonyl (C=O) groups is 1. The average Bonchev–Trinajstić information content (AvgIpc) is 3.06. The Labute approximate surface area is 133 Å². The van der Waals surface area contributed by atoms with Gasteiger partial charge in [-0.25, -0.2) is 4.68 Å². The molecule has 3 aromatic rings. The maximum absolute atomic E-state index is 11.4. The van der Waals surface area contributed by atoms with E-state index in [0.29, 0.717) is 12.1 Å². The van der Waals surface area contributed by atoms with Crippen molar-refractivity contribution in [3.63, 3.8) is 0 Å². The summed E-state index contributed by atoms with van der Waals surface area (Å²) in [5, 5.41) is 11.1. The number of nitrogens with zero attached hydrogens (tertiary/aromatic N) is 3. The number of nitrogens with two attached hydrogens (primary N) is 1. The highest BCUT2D eigenvalue weighted by atomic mass is 16.1. The minimum Gasteiger partial charge on any atom is -0.399 e. The van der Waals surface area contributed by atoms with Gasteiger partial charge in [-0.15, -0.1) is 5.10 Å². The van der Waals surface area contributed by atoms with Gasteiger partial charge >= 0.3 is 0 Å². The first-order valence-corrected chi connectivity index (χ1v) is 7.34. The van der Waals surface area contributed by atoms with Gasteiger partial charge in [-0.2, -0.15) is 0 Å². The second-order valence-electron chi connectivity index (χ2n) is 5.12. The van der Waals surface area contributed by atoms with Crippen molar-refractivity contribution in [2.24, 2.45) is 0 Å². The van der Waals surface area contributed by atoms with Crippen LogP contribution in [0.25, 0.3) is 16.9 Å². The van der Waals surface area contributed by atoms with Crippen LogP contribution in [0, 0.1) is 0 Å². The SMILES string of the molecule is CCC(=O)Nc1ccc(-c2cn(-c3ccc(N)cc3)nn2)cc1. The number of nitrogen functional groups attached to an aromatic ring is 1. The highest BCUT2D eigenvalue weighted by Gasteiger charge is 2.06. The highest BCUT2D eigenvalue weighted by molar-refractivity contribution is 5.90. The maximum atomic E-state index is 11.4. The molecule has 0 radical (unpaired) electrons. The van der Waals surface area contributed by atoms with Crippen molar-refractivity contribution in [3.05, 3.63) is 54.7 Å². The summed E-state index contributed by atoms with van der Waals surface area (Å²) in [6, 6.07) is 14.9. The normalized spacial score (nSPS) is 10.5. The van der Waals surface area contributed by atoms with Crippen LogP contribution in [0.5, 0.6) is 0 Å². The largest absolute Gasteiger partial charge is 0.399 e. The summed E-state index contributed by atoms with van der Waals surface area (Å²) in [5.74, 6) is -0.00737. The summed E-state index contributed by atoms with van der Waals surface area (Å²) in [6.45, 7) is 1.82. The predicted octanol–water partition coefficient (Wildman–Crippen LogP) is 2.87. The summed E-state index contributed by atoms with van der Waals surface area (Å²) >= 11 is 0. The Morgan fingerprint density at radius 1 is 1.13 bits per heavy atom. The molecule has 1 heterocycles. The van der Waals surface area contributed by atoms with Crippen LogP contribution in [0.15, 0.2) is 54.7 Å². The molecule has 116 valence electrons. The number of hydrogen-bond donors (Lipinski definition) is 2. The average molecular weight is 307 g/mol. The minimum absolute atomic E-state index is 0.00737. The molecule has 3 rings (SSSR count). The van der Waals surface area contributed by atoms with Crippen molar-refractivity contribution < 1.29 is 4.79 Å². The van der Waals surface area contributed by atoms with Crippen LogP contribution in [0.1, 0.15) is 13.3 Å². The fraction of sp³-hybridized carbons (Fsp3) is 0.118. The van der Waals surface area contributed by atoms with Gasteiger partial charge < -0.3 is 11.1 Å². The lowest BCUT2D eigenvalue weighted by atomic mass is 10.1. The predicted molar refractivity (Wildman–Crippen MR) is 90.1 cm³/mol. The molecular weight excluding hydrogens is 290 g/mol. The fourth-order valence-corrected chi connectivity index (χ4v) is 2.12. The first-order chi connectivity index (χ1) is 11.2. The third kappa shape index (κ3) is 3.37. The molecule has 3 N–H and O–H groups in total. The molecule has 0 spiro atoms. The van der Waals surface area contributed by atoms with E-state index >= 15 is 0 Å². The molecule has 0 aliphatic rings. The van der Waals surface area contributed by atoms with Crippen molar-refractivity contribution in [2.45, 2.75) is 13.3 Å². The molecule has 1 amide bonds. The molecule has 0 unspecified atom stereocenters. The summed E-state index contributed by atoms with van der Waals surface area (Å²) in [7, 11) is 0. The van der Waals surface area contributed by atoms with Crippen LogP contribution in [-0.4, -0.2) is 20.9 Å². The van der Waals surface area contributed by atoms with E-state index in [9.17, 15) is 4.79 Å². The monoisotopic (exact) mass is 307 g/mol. The van der Waals surface area contributed by atoms with E-state index in [1.165, 1.54) is 0 Å². The second-order valence-corrected chi connectivity index (χ2v) is 5.12. The van der Waals surface area contributed by atoms with E-state index in [1.54, 1.807) is 4.68 Å². The van der Waals surface area contributed by atoms with Gasteiger partial charge in [0.05, 0.1) is 11.9 Å². The summed E-state index contributed by atoms with van der Waals surface area (Å²) < 4.78 is 1.70. The molecule has 6 nitrogen and oxygen atoms in total. The minimum atomic E-state index is -0.00737. The van der Waals surface area contributed by atoms with Crippen LogP contribution in [-0.2, 0) is 4.79 Å². The Morgan fingerprint density at radius 2 is 1.83 bits per heavy atom. The van der Waals surface area contributed by atoms with E-state index in [2.05, 4.69) is 15.6 Å². The van der Waals surface area contributed by atoms with Gasteiger partial charge in [0.25, 0.3) is 0 Å². The van der Waals surface area contributed by atoms with Crippen molar-refractivity contribution in [1.82, 2.24) is 15.0 Å². The van der Waals surface area contributed by atoms with Gasteiger partial charge in [0.1, 0.15) is 5.69 Å². The molecule has 0 bridgehead atoms. The molecule has 0 saturated carbocycles. The first-order valence-electron chi connectivity index (χ1n) is 7.34. The van der Waals surface area contributed by atoms with Gasteiger partial charge in [0, 0.05) is 23.4 Å². The fourth-order valence-electron chi connectivity index (χ4n) is 2.12. The number of nitrogens with one attached hydrogen (secondary N) is 1. The zero-order valence-electron chi connectivity index (χ0n) is 12.7. The first kappa shape index (κ1) is 14.8. The lowest BCUT2D eigenvalue weighted by Crippen LogP contribution is -2.08. The lowest BCUT2D eigenvalue weighted by molar-refractivity contribution is -0.115. The number of amides is 1. The number of carbonyl (C=O) groups excluding carboxylic acids is 1. The molecular formula is C17H17N5O. The van der Waals surface area contributed by atoms with E-state index in [4.69, 9.17) is 5.73 Å². The quantitative estimate of drug-likeness (QED) is 0.726. The highest BCUT2D eigenvalue weighted by Crippen LogP contribution is 2.20. The summed E-state index contributed by atoms with van der Waals surface area (Å²) in [6.07, 6.45) is 2.31. The molecule has 0 atom stereocenters. The molecule has 2 aromatic carbocycles. The molecule has 0 aliphatic heterocycles. The van der Waals surface area contributed by atoms with Crippen molar-refractivity contribution in [2.75, 3.05) is 11.1 Å². The van der Waals surface area contributed by atoms with Gasteiger partial charge in [-0.3, -0.25) is 4.79 Å². The standard InChI is InChI=1S/C17H17N5O/c1-2-17(23)19-14-7-3-12(4-8-14)16-11-22(21-20-16)15-9-5-13(18)6-10-15/h3-11H,2,18H2,1H3,(H,19,23). The van der Waals surface area contributed by atoms with Crippen LogP contribution >= 0.6 is 0 Å². The van der Waals surface area contributed by atoms with Gasteiger partial charge in [-0.05, 0) is 36.4 Å². The Balaban J connectivity index is 1.80. The zero-order valence-corrected chi connectivity index (χ0v) is 12.7. The van der Waals surface area contributed by atoms with Crippen LogP contribution < -0.4 is 11.1 Å². The van der Waals surface area contributed by atoms with Crippen molar-refractivity contribution in [1.29, 1.82) is 0 Å². The van der Waals surface area contributed by atoms with Gasteiger partial charge in [-0.1, -0.05) is 24.3 Å². The van der Waals surface area contributed by atoms with Crippen molar-refractivity contribution in [3.8, 4) is 16.9 Å². The second kappa shape index (κ2) is 6.31. The Kier molecular flexibility index (Phi) is 4.05. The smallest absolute Gasteiger partial charge is 0.224 e. The number of hydrogen-bond acceptors (Lipinski definition) is 4. The van der Waals surface area contributed by atoms with Gasteiger partial charge in [0.15, 0.2) is 0 Å². The number of benzene rings is 2. The lowest BCUT2D eigenvalue weighted by Gasteiger charge is -2.03. The number of anilines is 2. The molecule has 0 aliphatic carbocycles. The summed E-state index contributed by atoms with van der Waals surface area (Å²) in [4.78, 5) is 11.4. The molecule has 0 saturated heterocycles. The Morgan fingerprint density at radius 3 is 2.48 bits per heavy atom. The van der Waals surface area contributed by atoms with Crippen LogP contribution in [0.4, 0.5) is 11.4 Å². The van der Waals surface area contributed by atoms with E-state index < -0.39 is 0 Å². The summed E-state index contributed by atoms with van der Waals surface area (Å²) in [5.41, 5.74) is 9.75. The molecule has 6 heteroatoms. The molecule has 0 fully saturated rings. The number of rotatable bonds is 4. The van der Waals surface area contributed by atoms with Crippen LogP contribution in [0.3, 0.4) is 0 Å². The van der Waals surface area contributed by atoms with Gasteiger partial charge in [0.2, 0.25) is 5.91 Å². The zero-order chi connectivity index (χ0) is 16.2. The van der Waals surface area contributed by atoms with E-state index in [0.717, 1.165) is 22.6 Å². The topological polar surface area (TPSA) is 85.8 Å². The van der Waals surface area contributed by atoms with Crippen molar-refractivity contribution >= 4 is 17.3 Å². The third-order valence-electron chi connectivity index (χ3n) is 3.44. The van der Waals surface area contributed by atoms with E-state index in [1.807, 2.05) is 61.7 Å². The Bertz CT molecular complexity index is 806. The molecule has 1 aromatic heterocycles. The Hall–Kier alpha value is -3.15. The molecule has 23 heavy (non-hydrogen) atoms. The maximum Gasteiger partial charge on any atom is 0.224 e. The van der Waals surface area contributed by atoms with E-state index in [-0.39, 0.29) is 5.91 Å². The number of aromatic nitrogens is 3.